The normalized spacial score (nSPS) is 20.7. The number of halogens is 2. The number of rotatable bonds is 2. The number of β-amino-alcohol motifs (C(OH)–C–C–N with tert-alkyl or cyclic N) is 1. The van der Waals surface area contributed by atoms with Crippen LogP contribution in [-0.2, 0) is 5.92 Å². The van der Waals surface area contributed by atoms with Gasteiger partial charge in [-0.05, 0) is 6.07 Å². The van der Waals surface area contributed by atoms with E-state index in [1.54, 1.807) is 0 Å². The Kier molecular flexibility index (Phi) is 2.89. The fourth-order valence-electron chi connectivity index (χ4n) is 1.68. The van der Waals surface area contributed by atoms with Crippen LogP contribution in [0.1, 0.15) is 12.5 Å². The molecule has 1 aromatic rings. The summed E-state index contributed by atoms with van der Waals surface area (Å²) in [6.07, 6.45) is -0.183. The van der Waals surface area contributed by atoms with Gasteiger partial charge in [0.1, 0.15) is 0 Å². The third-order valence-corrected chi connectivity index (χ3v) is 2.66. The van der Waals surface area contributed by atoms with Crippen LogP contribution in [0.3, 0.4) is 0 Å². The summed E-state index contributed by atoms with van der Waals surface area (Å²) in [5.74, 6) is -3.17. The highest BCUT2D eigenvalue weighted by atomic mass is 19.3. The highest BCUT2D eigenvalue weighted by Gasteiger charge is 2.37. The van der Waals surface area contributed by atoms with Crippen molar-refractivity contribution in [2.45, 2.75) is 19.1 Å². The number of likely N-dealkylation sites (N-methyl/N-ethyl adjacent to an activating group) is 1. The molecule has 1 fully saturated rings. The Balaban J connectivity index is 2.37. The molecule has 1 aromatic heterocycles. The zero-order chi connectivity index (χ0) is 13.5. The first kappa shape index (κ1) is 12.6. The molecule has 1 N–H and O–H groups in total. The van der Waals surface area contributed by atoms with Gasteiger partial charge in [0, 0.05) is 19.5 Å². The number of carbonyl (C=O) groups excluding carboxylic acids is 1. The minimum Gasteiger partial charge on any atom is -0.371 e. The highest BCUT2D eigenvalue weighted by molar-refractivity contribution is 5.93. The van der Waals surface area contributed by atoms with Crippen molar-refractivity contribution in [2.75, 3.05) is 18.5 Å². The Hall–Kier alpha value is -1.83. The predicted octanol–water partition coefficient (Wildman–Crippen LogP) is 0.779. The Bertz CT molecular complexity index is 477. The second-order valence-electron chi connectivity index (χ2n) is 4.20. The summed E-state index contributed by atoms with van der Waals surface area (Å²) in [6, 6.07) is 0.543. The Labute approximate surface area is 102 Å². The van der Waals surface area contributed by atoms with E-state index in [1.165, 1.54) is 11.9 Å². The molecule has 1 aliphatic rings. The average Bonchev–Trinajstić information content (AvgIpc) is 2.52. The molecule has 0 bridgehead atoms. The molecule has 6 nitrogen and oxygen atoms in total. The largest absolute Gasteiger partial charge is 0.371 e. The molecule has 1 atom stereocenters. The van der Waals surface area contributed by atoms with E-state index in [9.17, 15) is 18.7 Å². The maximum absolute atomic E-state index is 13.1. The van der Waals surface area contributed by atoms with Crippen LogP contribution in [0.15, 0.2) is 12.3 Å². The Morgan fingerprint density at radius 1 is 1.56 bits per heavy atom. The number of amides is 2. The number of anilines is 1. The van der Waals surface area contributed by atoms with E-state index >= 15 is 0 Å². The molecule has 0 radical (unpaired) electrons. The van der Waals surface area contributed by atoms with E-state index in [0.29, 0.717) is 0 Å². The molecule has 2 amide bonds. The van der Waals surface area contributed by atoms with Gasteiger partial charge < -0.3 is 10.0 Å². The number of urea groups is 1. The highest BCUT2D eigenvalue weighted by Crippen LogP contribution is 2.29. The molecular formula is C10H12F2N4O2. The van der Waals surface area contributed by atoms with Crippen LogP contribution < -0.4 is 4.90 Å². The lowest BCUT2D eigenvalue weighted by Gasteiger charge is -2.19. The zero-order valence-electron chi connectivity index (χ0n) is 9.84. The topological polar surface area (TPSA) is 69.6 Å². The lowest BCUT2D eigenvalue weighted by atomic mass is 10.2. The third-order valence-electron chi connectivity index (χ3n) is 2.66. The van der Waals surface area contributed by atoms with Crippen LogP contribution in [0.2, 0.25) is 0 Å². The lowest BCUT2D eigenvalue weighted by molar-refractivity contribution is 0.0169. The summed E-state index contributed by atoms with van der Waals surface area (Å²) in [4.78, 5) is 13.9. The molecule has 1 saturated heterocycles. The summed E-state index contributed by atoms with van der Waals surface area (Å²) < 4.78 is 26.3. The van der Waals surface area contributed by atoms with Gasteiger partial charge in [0.25, 0.3) is 5.92 Å². The molecule has 98 valence electrons. The van der Waals surface area contributed by atoms with Crippen LogP contribution >= 0.6 is 0 Å². The maximum Gasteiger partial charge on any atom is 0.327 e. The molecule has 0 spiro atoms. The number of aliphatic hydroxyl groups excluding tert-OH is 1. The van der Waals surface area contributed by atoms with Gasteiger partial charge in [-0.3, -0.25) is 0 Å². The molecule has 1 aliphatic heterocycles. The summed E-state index contributed by atoms with van der Waals surface area (Å²) >= 11 is 0. The van der Waals surface area contributed by atoms with Crippen LogP contribution in [0.4, 0.5) is 19.4 Å². The van der Waals surface area contributed by atoms with Crippen molar-refractivity contribution in [1.82, 2.24) is 15.1 Å². The Morgan fingerprint density at radius 2 is 2.22 bits per heavy atom. The zero-order valence-corrected chi connectivity index (χ0v) is 9.84. The first-order valence-electron chi connectivity index (χ1n) is 5.24. The first-order valence-corrected chi connectivity index (χ1v) is 5.24. The summed E-state index contributed by atoms with van der Waals surface area (Å²) in [7, 11) is 1.50. The van der Waals surface area contributed by atoms with Gasteiger partial charge in [0.15, 0.2) is 12.0 Å². The molecule has 2 heterocycles. The van der Waals surface area contributed by atoms with Gasteiger partial charge in [0.2, 0.25) is 0 Å². The van der Waals surface area contributed by atoms with E-state index in [0.717, 1.165) is 24.1 Å². The first-order chi connectivity index (χ1) is 8.30. The second kappa shape index (κ2) is 4.13. The number of carbonyl (C=O) groups is 1. The number of nitrogens with zero attached hydrogens (tertiary/aromatic N) is 4. The molecule has 18 heavy (non-hydrogen) atoms. The second-order valence-corrected chi connectivity index (χ2v) is 4.20. The van der Waals surface area contributed by atoms with E-state index in [-0.39, 0.29) is 17.9 Å². The molecule has 0 saturated carbocycles. The van der Waals surface area contributed by atoms with Crippen molar-refractivity contribution in [3.8, 4) is 0 Å². The number of alkyl halides is 2. The average molecular weight is 258 g/mol. The molecule has 0 aromatic carbocycles. The van der Waals surface area contributed by atoms with Crippen molar-refractivity contribution < 1.29 is 18.7 Å². The lowest BCUT2D eigenvalue weighted by Crippen LogP contribution is -2.35. The van der Waals surface area contributed by atoms with Gasteiger partial charge in [-0.25, -0.2) is 18.5 Å². The van der Waals surface area contributed by atoms with E-state index in [4.69, 9.17) is 0 Å². The minimum absolute atomic E-state index is 0.0872. The summed E-state index contributed by atoms with van der Waals surface area (Å²) in [5, 5.41) is 16.7. The number of hydrogen-bond donors (Lipinski definition) is 1. The van der Waals surface area contributed by atoms with Gasteiger partial charge in [-0.1, -0.05) is 0 Å². The van der Waals surface area contributed by atoms with Crippen LogP contribution in [-0.4, -0.2) is 46.1 Å². The van der Waals surface area contributed by atoms with E-state index < -0.39 is 18.2 Å². The van der Waals surface area contributed by atoms with Gasteiger partial charge in [0.05, 0.1) is 12.7 Å². The summed E-state index contributed by atoms with van der Waals surface area (Å²) in [5.41, 5.74) is -0.359. The summed E-state index contributed by atoms with van der Waals surface area (Å²) in [6.45, 7) is 0.815. The molecule has 1 unspecified atom stereocenters. The smallest absolute Gasteiger partial charge is 0.327 e. The molecular weight excluding hydrogens is 246 g/mol. The van der Waals surface area contributed by atoms with Crippen LogP contribution in [0, 0.1) is 0 Å². The monoisotopic (exact) mass is 258 g/mol. The van der Waals surface area contributed by atoms with Crippen molar-refractivity contribution in [3.05, 3.63) is 17.8 Å². The minimum atomic E-state index is -3.08. The SMILES string of the molecule is CN1CC(O)N(c2cc(C(C)(F)F)cnn2)C1=O. The number of aromatic nitrogens is 2. The maximum atomic E-state index is 13.1. The van der Waals surface area contributed by atoms with E-state index in [2.05, 4.69) is 10.2 Å². The quantitative estimate of drug-likeness (QED) is 0.851. The molecule has 0 aliphatic carbocycles. The van der Waals surface area contributed by atoms with Crippen LogP contribution in [0.25, 0.3) is 0 Å². The van der Waals surface area contributed by atoms with E-state index in [1.807, 2.05) is 0 Å². The van der Waals surface area contributed by atoms with Gasteiger partial charge in [-0.2, -0.15) is 5.10 Å². The third kappa shape index (κ3) is 2.10. The molecule has 2 rings (SSSR count). The van der Waals surface area contributed by atoms with Crippen molar-refractivity contribution in [1.29, 1.82) is 0 Å². The van der Waals surface area contributed by atoms with Crippen molar-refractivity contribution in [3.63, 3.8) is 0 Å². The van der Waals surface area contributed by atoms with Crippen molar-refractivity contribution in [2.24, 2.45) is 0 Å². The Morgan fingerprint density at radius 3 is 2.72 bits per heavy atom. The standard InChI is InChI=1S/C10H12F2N4O2/c1-10(11,12)6-3-7(14-13-4-6)16-8(17)5-15(2)9(16)18/h3-4,8,17H,5H2,1-2H3. The van der Waals surface area contributed by atoms with Crippen molar-refractivity contribution >= 4 is 11.8 Å². The fourth-order valence-corrected chi connectivity index (χ4v) is 1.68. The number of aliphatic hydroxyl groups is 1. The molecule has 8 heteroatoms. The number of hydrogen-bond acceptors (Lipinski definition) is 4. The predicted molar refractivity (Wildman–Crippen MR) is 58.1 cm³/mol. The van der Waals surface area contributed by atoms with Gasteiger partial charge >= 0.3 is 6.03 Å². The fraction of sp³-hybridized carbons (Fsp3) is 0.500. The van der Waals surface area contributed by atoms with Crippen LogP contribution in [0.5, 0.6) is 0 Å². The van der Waals surface area contributed by atoms with Gasteiger partial charge in [-0.15, -0.1) is 5.10 Å².